The largest absolute Gasteiger partial charge is 0.381 e. The highest BCUT2D eigenvalue weighted by Gasteiger charge is 2.27. The number of pyridine rings is 3. The molecule has 1 saturated carbocycles. The van der Waals surface area contributed by atoms with Crippen LogP contribution in [-0.2, 0) is 10.2 Å². The molecule has 0 unspecified atom stereocenters. The Hall–Kier alpha value is -3.04. The lowest BCUT2D eigenvalue weighted by atomic mass is 9.79. The number of H-pyrrole nitrogens is 1. The Morgan fingerprint density at radius 1 is 1.16 bits per heavy atom. The molecule has 4 rings (SSSR count). The van der Waals surface area contributed by atoms with Gasteiger partial charge in [0.25, 0.3) is 0 Å². The predicted octanol–water partition coefficient (Wildman–Crippen LogP) is 4.83. The van der Waals surface area contributed by atoms with Crippen LogP contribution in [0.4, 0.5) is 0 Å². The number of aromatic nitrogens is 3. The third-order valence-electron chi connectivity index (χ3n) is 6.29. The van der Waals surface area contributed by atoms with Crippen LogP contribution in [0.25, 0.3) is 22.2 Å². The van der Waals surface area contributed by atoms with Crippen LogP contribution in [0.3, 0.4) is 0 Å². The van der Waals surface area contributed by atoms with Crippen LogP contribution in [0, 0.1) is 11.3 Å². The maximum Gasteiger partial charge on any atom is 0.192 e. The number of rotatable bonds is 3. The first kappa shape index (κ1) is 21.2. The van der Waals surface area contributed by atoms with E-state index >= 15 is 0 Å². The molecule has 0 aromatic carbocycles. The van der Waals surface area contributed by atoms with E-state index in [1.165, 1.54) is 5.56 Å². The minimum absolute atomic E-state index is 0.0683. The molecule has 3 aromatic rings. The summed E-state index contributed by atoms with van der Waals surface area (Å²) in [6, 6.07) is 7.53. The van der Waals surface area contributed by atoms with E-state index in [4.69, 9.17) is 9.72 Å². The van der Waals surface area contributed by atoms with Gasteiger partial charge < -0.3 is 9.72 Å². The minimum atomic E-state index is -0.206. The molecule has 6 nitrogen and oxygen atoms in total. The summed E-state index contributed by atoms with van der Waals surface area (Å²) in [5.41, 5.74) is 4.42. The number of hydrogen-bond donors (Lipinski definition) is 1. The highest BCUT2D eigenvalue weighted by atomic mass is 16.5. The SMILES string of the molecule is CO[C@H]1CC[C@H](c2cc(C(C)(C)C)ncc2-c2cc(=O)c3c(C#N)nccc3[nH]2)CC1. The maximum atomic E-state index is 12.9. The second-order valence-corrected chi connectivity index (χ2v) is 9.36. The average Bonchev–Trinajstić information content (AvgIpc) is 2.77. The first-order valence-corrected chi connectivity index (χ1v) is 10.8. The van der Waals surface area contributed by atoms with Crippen LogP contribution in [0.5, 0.6) is 0 Å². The number of fused-ring (bicyclic) bond motifs is 1. The second kappa shape index (κ2) is 8.24. The van der Waals surface area contributed by atoms with Gasteiger partial charge in [0.15, 0.2) is 11.1 Å². The van der Waals surface area contributed by atoms with Gasteiger partial charge in [-0.2, -0.15) is 5.26 Å². The number of nitrogens with one attached hydrogen (secondary N) is 1. The molecule has 6 heteroatoms. The van der Waals surface area contributed by atoms with Crippen LogP contribution in [0.15, 0.2) is 35.4 Å². The van der Waals surface area contributed by atoms with Gasteiger partial charge >= 0.3 is 0 Å². The lowest BCUT2D eigenvalue weighted by molar-refractivity contribution is 0.0659. The van der Waals surface area contributed by atoms with E-state index in [1.807, 2.05) is 12.3 Å². The summed E-state index contributed by atoms with van der Waals surface area (Å²) >= 11 is 0. The van der Waals surface area contributed by atoms with Crippen molar-refractivity contribution in [2.24, 2.45) is 0 Å². The Morgan fingerprint density at radius 2 is 1.90 bits per heavy atom. The first-order valence-electron chi connectivity index (χ1n) is 10.8. The van der Waals surface area contributed by atoms with Crippen molar-refractivity contribution in [3.8, 4) is 17.3 Å². The number of ether oxygens (including phenoxy) is 1. The third kappa shape index (κ3) is 4.11. The van der Waals surface area contributed by atoms with Crippen LogP contribution in [0.1, 0.15) is 69.3 Å². The Labute approximate surface area is 182 Å². The molecule has 1 fully saturated rings. The molecule has 0 bridgehead atoms. The van der Waals surface area contributed by atoms with Crippen LogP contribution < -0.4 is 5.43 Å². The molecule has 1 aliphatic rings. The van der Waals surface area contributed by atoms with Crippen molar-refractivity contribution in [2.45, 2.75) is 63.9 Å². The molecule has 0 radical (unpaired) electrons. The van der Waals surface area contributed by atoms with E-state index in [9.17, 15) is 10.1 Å². The van der Waals surface area contributed by atoms with E-state index in [1.54, 1.807) is 25.4 Å². The minimum Gasteiger partial charge on any atom is -0.381 e. The van der Waals surface area contributed by atoms with Gasteiger partial charge in [0, 0.05) is 42.2 Å². The van der Waals surface area contributed by atoms with Gasteiger partial charge in [-0.1, -0.05) is 20.8 Å². The van der Waals surface area contributed by atoms with E-state index in [2.05, 4.69) is 36.8 Å². The van der Waals surface area contributed by atoms with Crippen LogP contribution >= 0.6 is 0 Å². The standard InChI is InChI=1S/C25H28N4O2/c1-25(2,3)23-11-17(15-5-7-16(31-4)8-6-15)18(14-28-23)20-12-22(30)24-19(29-20)9-10-27-21(24)13-26/h9-12,14-16H,5-8H2,1-4H3,(H,29,30)/t15-,16-. The van der Waals surface area contributed by atoms with Gasteiger partial charge in [-0.3, -0.25) is 9.78 Å². The van der Waals surface area contributed by atoms with E-state index in [-0.39, 0.29) is 16.5 Å². The number of nitrogens with zero attached hydrogens (tertiary/aromatic N) is 3. The highest BCUT2D eigenvalue weighted by molar-refractivity contribution is 5.85. The molecule has 1 aliphatic carbocycles. The molecular formula is C25H28N4O2. The highest BCUT2D eigenvalue weighted by Crippen LogP contribution is 2.39. The topological polar surface area (TPSA) is 91.7 Å². The van der Waals surface area contributed by atoms with Crippen molar-refractivity contribution >= 4 is 10.9 Å². The number of nitriles is 1. The van der Waals surface area contributed by atoms with Gasteiger partial charge in [0.1, 0.15) is 6.07 Å². The maximum absolute atomic E-state index is 12.9. The van der Waals surface area contributed by atoms with Crippen molar-refractivity contribution < 1.29 is 4.74 Å². The quantitative estimate of drug-likeness (QED) is 0.660. The zero-order valence-electron chi connectivity index (χ0n) is 18.5. The van der Waals surface area contributed by atoms with Crippen LogP contribution in [-0.4, -0.2) is 28.2 Å². The summed E-state index contributed by atoms with van der Waals surface area (Å²) < 4.78 is 5.56. The summed E-state index contributed by atoms with van der Waals surface area (Å²) in [5.74, 6) is 0.386. The van der Waals surface area contributed by atoms with Gasteiger partial charge in [-0.25, -0.2) is 4.98 Å². The molecule has 0 amide bonds. The molecule has 1 N–H and O–H groups in total. The van der Waals surface area contributed by atoms with Crippen LogP contribution in [0.2, 0.25) is 0 Å². The van der Waals surface area contributed by atoms with Gasteiger partial charge in [0.2, 0.25) is 0 Å². The number of methoxy groups -OCH3 is 1. The Bertz CT molecular complexity index is 1210. The summed E-state index contributed by atoms with van der Waals surface area (Å²) in [5, 5.41) is 9.65. The monoisotopic (exact) mass is 416 g/mol. The molecule has 3 aromatic heterocycles. The fraction of sp³-hybridized carbons (Fsp3) is 0.440. The van der Waals surface area contributed by atoms with Gasteiger partial charge in [-0.05, 0) is 49.3 Å². The first-order chi connectivity index (χ1) is 14.8. The zero-order chi connectivity index (χ0) is 22.2. The van der Waals surface area contributed by atoms with Crippen molar-refractivity contribution in [1.82, 2.24) is 15.0 Å². The molecule has 0 aliphatic heterocycles. The Kier molecular flexibility index (Phi) is 5.63. The zero-order valence-corrected chi connectivity index (χ0v) is 18.5. The van der Waals surface area contributed by atoms with Crippen molar-refractivity contribution in [3.63, 3.8) is 0 Å². The molecule has 3 heterocycles. The second-order valence-electron chi connectivity index (χ2n) is 9.36. The number of aromatic amines is 1. The molecule has 0 saturated heterocycles. The molecule has 31 heavy (non-hydrogen) atoms. The molecule has 0 spiro atoms. The van der Waals surface area contributed by atoms with Crippen molar-refractivity contribution in [1.29, 1.82) is 5.26 Å². The normalized spacial score (nSPS) is 19.3. The van der Waals surface area contributed by atoms with Crippen molar-refractivity contribution in [2.75, 3.05) is 7.11 Å². The summed E-state index contributed by atoms with van der Waals surface area (Å²) in [4.78, 5) is 25.0. The Morgan fingerprint density at radius 3 is 2.55 bits per heavy atom. The summed E-state index contributed by atoms with van der Waals surface area (Å²) in [6.45, 7) is 6.48. The van der Waals surface area contributed by atoms with Crippen molar-refractivity contribution in [3.05, 3.63) is 57.8 Å². The summed E-state index contributed by atoms with van der Waals surface area (Å²) in [7, 11) is 1.78. The lowest BCUT2D eigenvalue weighted by Crippen LogP contribution is -2.21. The Balaban J connectivity index is 1.87. The van der Waals surface area contributed by atoms with Gasteiger partial charge in [0.05, 0.1) is 22.7 Å². The van der Waals surface area contributed by atoms with E-state index in [0.717, 1.165) is 42.6 Å². The average molecular weight is 417 g/mol. The molecule has 0 atom stereocenters. The van der Waals surface area contributed by atoms with E-state index < -0.39 is 0 Å². The predicted molar refractivity (Wildman–Crippen MR) is 121 cm³/mol. The third-order valence-corrected chi connectivity index (χ3v) is 6.29. The smallest absolute Gasteiger partial charge is 0.192 e. The number of hydrogen-bond acceptors (Lipinski definition) is 5. The van der Waals surface area contributed by atoms with E-state index in [0.29, 0.717) is 22.9 Å². The fourth-order valence-corrected chi connectivity index (χ4v) is 4.48. The van der Waals surface area contributed by atoms with Gasteiger partial charge in [-0.15, -0.1) is 0 Å². The lowest BCUT2D eigenvalue weighted by Gasteiger charge is -2.30. The molecule has 160 valence electrons. The fourth-order valence-electron chi connectivity index (χ4n) is 4.48. The summed E-state index contributed by atoms with van der Waals surface area (Å²) in [6.07, 6.45) is 7.90. The molecular weight excluding hydrogens is 388 g/mol.